The van der Waals surface area contributed by atoms with Gasteiger partial charge in [0.15, 0.2) is 0 Å². The Kier molecular flexibility index (Phi) is 4.80. The van der Waals surface area contributed by atoms with Gasteiger partial charge in [0.05, 0.1) is 10.6 Å². The van der Waals surface area contributed by atoms with Gasteiger partial charge in [0, 0.05) is 22.8 Å². The number of rotatable bonds is 4. The monoisotopic (exact) mass is 390 g/mol. The van der Waals surface area contributed by atoms with Crippen LogP contribution in [0.1, 0.15) is 35.1 Å². The van der Waals surface area contributed by atoms with Crippen LogP contribution in [0.2, 0.25) is 5.02 Å². The van der Waals surface area contributed by atoms with E-state index in [1.165, 1.54) is 29.5 Å². The number of nitrogens with two attached hydrogens (primary N) is 1. The van der Waals surface area contributed by atoms with Crippen LogP contribution in [0.25, 0.3) is 10.2 Å². The second-order valence-corrected chi connectivity index (χ2v) is 7.37. The van der Waals surface area contributed by atoms with E-state index in [-0.39, 0.29) is 22.3 Å². The minimum atomic E-state index is -0.608. The first kappa shape index (κ1) is 18.1. The van der Waals surface area contributed by atoms with Gasteiger partial charge in [0.25, 0.3) is 11.6 Å². The Balaban J connectivity index is 1.94. The van der Waals surface area contributed by atoms with Crippen LogP contribution >= 0.6 is 22.9 Å². The van der Waals surface area contributed by atoms with Crippen LogP contribution in [-0.2, 0) is 0 Å². The molecule has 3 N–H and O–H groups in total. The van der Waals surface area contributed by atoms with Crippen molar-refractivity contribution >= 4 is 56.1 Å². The van der Waals surface area contributed by atoms with E-state index in [0.29, 0.717) is 20.8 Å². The van der Waals surface area contributed by atoms with Crippen molar-refractivity contribution in [2.45, 2.75) is 19.8 Å². The van der Waals surface area contributed by atoms with Crippen LogP contribution in [0.3, 0.4) is 0 Å². The first-order valence-electron chi connectivity index (χ1n) is 7.72. The molecule has 2 aromatic heterocycles. The number of fused-ring (bicyclic) bond motifs is 1. The summed E-state index contributed by atoms with van der Waals surface area (Å²) in [5.74, 6) is -0.192. The molecule has 134 valence electrons. The standard InChI is InChI=1S/C17H15ClN4O3S/c1-8(2)12-6-4-10-14(19)15(26-17(10)21-12)16(23)20-9-3-5-11(18)13(7-9)22(24)25/h3-8H,19H2,1-2H3,(H,20,23). The minimum absolute atomic E-state index is 0.000195. The SMILES string of the molecule is CC(C)c1ccc2c(N)c(C(=O)Nc3ccc(Cl)c([N+](=O)[O-])c3)sc2n1. The topological polar surface area (TPSA) is 111 Å². The summed E-state index contributed by atoms with van der Waals surface area (Å²) in [5, 5.41) is 14.3. The third kappa shape index (κ3) is 3.33. The lowest BCUT2D eigenvalue weighted by molar-refractivity contribution is -0.384. The first-order chi connectivity index (χ1) is 12.3. The molecule has 9 heteroatoms. The molecule has 0 saturated carbocycles. The van der Waals surface area contributed by atoms with E-state index < -0.39 is 10.8 Å². The highest BCUT2D eigenvalue weighted by atomic mass is 35.5. The number of aromatic nitrogens is 1. The Labute approximate surface area is 157 Å². The molecule has 0 aliphatic heterocycles. The molecule has 0 aliphatic carbocycles. The van der Waals surface area contributed by atoms with Crippen LogP contribution in [0.5, 0.6) is 0 Å². The second-order valence-electron chi connectivity index (χ2n) is 5.97. The van der Waals surface area contributed by atoms with Gasteiger partial charge in [-0.05, 0) is 30.2 Å². The van der Waals surface area contributed by atoms with Gasteiger partial charge < -0.3 is 11.1 Å². The van der Waals surface area contributed by atoms with Crippen molar-refractivity contribution in [3.05, 3.63) is 56.0 Å². The van der Waals surface area contributed by atoms with E-state index in [0.717, 1.165) is 5.69 Å². The number of carbonyl (C=O) groups excluding carboxylic acids is 1. The maximum Gasteiger partial charge on any atom is 0.289 e. The summed E-state index contributed by atoms with van der Waals surface area (Å²) in [5.41, 5.74) is 7.34. The molecule has 0 fully saturated rings. The van der Waals surface area contributed by atoms with Crippen molar-refractivity contribution in [3.63, 3.8) is 0 Å². The molecule has 0 bridgehead atoms. The summed E-state index contributed by atoms with van der Waals surface area (Å²) in [4.78, 5) is 28.5. The molecule has 0 unspecified atom stereocenters. The summed E-state index contributed by atoms with van der Waals surface area (Å²) in [7, 11) is 0. The molecule has 0 aliphatic rings. The number of hydrogen-bond donors (Lipinski definition) is 2. The number of pyridine rings is 1. The summed E-state index contributed by atoms with van der Waals surface area (Å²) in [6.07, 6.45) is 0. The Bertz CT molecular complexity index is 1030. The summed E-state index contributed by atoms with van der Waals surface area (Å²) < 4.78 is 0. The van der Waals surface area contributed by atoms with Gasteiger partial charge in [-0.1, -0.05) is 25.4 Å². The number of carbonyl (C=O) groups is 1. The number of hydrogen-bond acceptors (Lipinski definition) is 6. The van der Waals surface area contributed by atoms with Crippen LogP contribution in [-0.4, -0.2) is 15.8 Å². The number of nitrogens with zero attached hydrogens (tertiary/aromatic N) is 2. The molecule has 0 spiro atoms. The number of benzene rings is 1. The number of nitrogen functional groups attached to an aromatic ring is 1. The molecule has 1 aromatic carbocycles. The molecule has 0 radical (unpaired) electrons. The maximum atomic E-state index is 12.6. The van der Waals surface area contributed by atoms with Gasteiger partial charge in [-0.25, -0.2) is 4.98 Å². The minimum Gasteiger partial charge on any atom is -0.397 e. The van der Waals surface area contributed by atoms with Crippen LogP contribution < -0.4 is 11.1 Å². The Hall–Kier alpha value is -2.71. The lowest BCUT2D eigenvalue weighted by Crippen LogP contribution is -2.12. The maximum absolute atomic E-state index is 12.6. The number of nitro groups is 1. The normalized spacial score (nSPS) is 11.1. The van der Waals surface area contributed by atoms with Gasteiger partial charge in [-0.3, -0.25) is 14.9 Å². The molecule has 3 aromatic rings. The fourth-order valence-electron chi connectivity index (χ4n) is 2.42. The van der Waals surface area contributed by atoms with Crippen LogP contribution in [0, 0.1) is 10.1 Å². The average Bonchev–Trinajstić information content (AvgIpc) is 2.92. The zero-order valence-corrected chi connectivity index (χ0v) is 15.5. The van der Waals surface area contributed by atoms with Gasteiger partial charge in [-0.15, -0.1) is 11.3 Å². The van der Waals surface area contributed by atoms with E-state index in [1.54, 1.807) is 0 Å². The van der Waals surface area contributed by atoms with E-state index in [4.69, 9.17) is 17.3 Å². The molecule has 3 rings (SSSR count). The van der Waals surface area contributed by atoms with Crippen molar-refractivity contribution in [2.75, 3.05) is 11.1 Å². The predicted octanol–water partition coefficient (Wildman–Crippen LogP) is 4.82. The van der Waals surface area contributed by atoms with Crippen molar-refractivity contribution in [1.29, 1.82) is 0 Å². The van der Waals surface area contributed by atoms with Gasteiger partial charge in [0.2, 0.25) is 0 Å². The van der Waals surface area contributed by atoms with Crippen molar-refractivity contribution in [2.24, 2.45) is 0 Å². The summed E-state index contributed by atoms with van der Waals surface area (Å²) in [6, 6.07) is 7.80. The van der Waals surface area contributed by atoms with Gasteiger partial charge >= 0.3 is 0 Å². The highest BCUT2D eigenvalue weighted by molar-refractivity contribution is 7.21. The van der Waals surface area contributed by atoms with E-state index >= 15 is 0 Å². The molecule has 2 heterocycles. The molecular formula is C17H15ClN4O3S. The number of anilines is 2. The first-order valence-corrected chi connectivity index (χ1v) is 8.91. The van der Waals surface area contributed by atoms with E-state index in [1.807, 2.05) is 26.0 Å². The number of halogens is 1. The van der Waals surface area contributed by atoms with Crippen molar-refractivity contribution < 1.29 is 9.72 Å². The smallest absolute Gasteiger partial charge is 0.289 e. The molecule has 0 saturated heterocycles. The fourth-order valence-corrected chi connectivity index (χ4v) is 3.60. The lowest BCUT2D eigenvalue weighted by Gasteiger charge is -2.05. The largest absolute Gasteiger partial charge is 0.397 e. The molecular weight excluding hydrogens is 376 g/mol. The molecule has 26 heavy (non-hydrogen) atoms. The Morgan fingerprint density at radius 2 is 2.08 bits per heavy atom. The summed E-state index contributed by atoms with van der Waals surface area (Å²) in [6.45, 7) is 4.07. The third-order valence-electron chi connectivity index (χ3n) is 3.81. The highest BCUT2D eigenvalue weighted by Crippen LogP contribution is 2.34. The lowest BCUT2D eigenvalue weighted by atomic mass is 10.1. The number of amides is 1. The summed E-state index contributed by atoms with van der Waals surface area (Å²) >= 11 is 6.97. The zero-order valence-electron chi connectivity index (χ0n) is 13.9. The molecule has 1 amide bonds. The average molecular weight is 391 g/mol. The Morgan fingerprint density at radius 3 is 2.73 bits per heavy atom. The van der Waals surface area contributed by atoms with Crippen LogP contribution in [0.4, 0.5) is 17.1 Å². The Morgan fingerprint density at radius 1 is 1.35 bits per heavy atom. The predicted molar refractivity (Wildman–Crippen MR) is 104 cm³/mol. The quantitative estimate of drug-likeness (QED) is 0.490. The van der Waals surface area contributed by atoms with E-state index in [9.17, 15) is 14.9 Å². The number of nitro benzene ring substituents is 1. The van der Waals surface area contributed by atoms with E-state index in [2.05, 4.69) is 10.3 Å². The van der Waals surface area contributed by atoms with Crippen molar-refractivity contribution in [3.8, 4) is 0 Å². The van der Waals surface area contributed by atoms with Crippen molar-refractivity contribution in [1.82, 2.24) is 4.98 Å². The zero-order chi connectivity index (χ0) is 19.0. The van der Waals surface area contributed by atoms with Gasteiger partial charge in [-0.2, -0.15) is 0 Å². The number of nitrogens with one attached hydrogen (secondary N) is 1. The number of thiophene rings is 1. The second kappa shape index (κ2) is 6.89. The molecule has 7 nitrogen and oxygen atoms in total. The fraction of sp³-hybridized carbons (Fsp3) is 0.176. The van der Waals surface area contributed by atoms with Gasteiger partial charge in [0.1, 0.15) is 14.7 Å². The highest BCUT2D eigenvalue weighted by Gasteiger charge is 2.20. The third-order valence-corrected chi connectivity index (χ3v) is 5.25. The van der Waals surface area contributed by atoms with Crippen LogP contribution in [0.15, 0.2) is 30.3 Å². The molecule has 0 atom stereocenters.